The second-order valence-corrected chi connectivity index (χ2v) is 11.3. The molecule has 0 bridgehead atoms. The fraction of sp³-hybridized carbons (Fsp3) is 0.467. The summed E-state index contributed by atoms with van der Waals surface area (Å²) >= 11 is 0. The maximum absolute atomic E-state index is 12.2. The number of oxime groups is 1. The van der Waals surface area contributed by atoms with Crippen LogP contribution in [0, 0.1) is 0 Å². The maximum atomic E-state index is 12.2. The molecule has 0 radical (unpaired) electrons. The number of rotatable bonds is 2. The third-order valence-electron chi connectivity index (χ3n) is 4.07. The van der Waals surface area contributed by atoms with Crippen LogP contribution in [-0.4, -0.2) is 19.8 Å². The van der Waals surface area contributed by atoms with E-state index in [0.29, 0.717) is 12.1 Å². The minimum absolute atomic E-state index is 0.00862. The van der Waals surface area contributed by atoms with Gasteiger partial charge in [0.1, 0.15) is 5.71 Å². The van der Waals surface area contributed by atoms with E-state index >= 15 is 0 Å². The third kappa shape index (κ3) is 2.63. The standard InChI is InChI=1S/C15H21NO2Si/c1-15(2,3)19(4,5)18-16-13-10-11-8-6-7-9-12(11)14(13)17/h6-9H,10H2,1-5H3/b16-13-. The summed E-state index contributed by atoms with van der Waals surface area (Å²) < 4.78 is 5.79. The summed E-state index contributed by atoms with van der Waals surface area (Å²) in [7, 11) is -1.95. The first-order valence-electron chi connectivity index (χ1n) is 6.60. The lowest BCUT2D eigenvalue weighted by Crippen LogP contribution is -2.39. The van der Waals surface area contributed by atoms with Gasteiger partial charge in [-0.2, -0.15) is 0 Å². The van der Waals surface area contributed by atoms with Crippen LogP contribution in [-0.2, 0) is 10.9 Å². The molecule has 0 spiro atoms. The van der Waals surface area contributed by atoms with Gasteiger partial charge in [0.05, 0.1) is 0 Å². The van der Waals surface area contributed by atoms with Crippen LogP contribution in [0.4, 0.5) is 0 Å². The molecule has 102 valence electrons. The largest absolute Gasteiger partial charge is 0.454 e. The predicted molar refractivity (Wildman–Crippen MR) is 80.2 cm³/mol. The second-order valence-electron chi connectivity index (χ2n) is 6.55. The highest BCUT2D eigenvalue weighted by Gasteiger charge is 2.40. The number of hydrogen-bond donors (Lipinski definition) is 0. The van der Waals surface area contributed by atoms with Crippen molar-refractivity contribution in [3.63, 3.8) is 0 Å². The first-order chi connectivity index (χ1) is 8.72. The van der Waals surface area contributed by atoms with Crippen molar-refractivity contribution in [2.24, 2.45) is 5.16 Å². The lowest BCUT2D eigenvalue weighted by molar-refractivity contribution is 0.106. The van der Waals surface area contributed by atoms with Crippen molar-refractivity contribution in [1.82, 2.24) is 0 Å². The van der Waals surface area contributed by atoms with Gasteiger partial charge in [-0.25, -0.2) is 0 Å². The van der Waals surface area contributed by atoms with Gasteiger partial charge in [0, 0.05) is 12.0 Å². The van der Waals surface area contributed by atoms with Crippen molar-refractivity contribution < 1.29 is 9.32 Å². The number of carbonyl (C=O) groups excluding carboxylic acids is 1. The summed E-state index contributed by atoms with van der Waals surface area (Å²) in [5.74, 6) is 0.00862. The van der Waals surface area contributed by atoms with Crippen LogP contribution in [0.25, 0.3) is 0 Å². The molecule has 0 N–H and O–H groups in total. The van der Waals surface area contributed by atoms with E-state index in [1.54, 1.807) is 0 Å². The fourth-order valence-electron chi connectivity index (χ4n) is 1.69. The van der Waals surface area contributed by atoms with Crippen LogP contribution in [0.1, 0.15) is 36.7 Å². The van der Waals surface area contributed by atoms with Gasteiger partial charge in [-0.15, -0.1) is 5.16 Å². The first-order valence-corrected chi connectivity index (χ1v) is 9.51. The molecule has 0 unspecified atom stereocenters. The maximum Gasteiger partial charge on any atom is 0.286 e. The van der Waals surface area contributed by atoms with Gasteiger partial charge >= 0.3 is 0 Å². The Hall–Kier alpha value is -1.42. The van der Waals surface area contributed by atoms with E-state index in [-0.39, 0.29) is 10.8 Å². The molecule has 0 saturated heterocycles. The number of nitrogens with zero attached hydrogens (tertiary/aromatic N) is 1. The minimum atomic E-state index is -1.95. The Morgan fingerprint density at radius 1 is 1.21 bits per heavy atom. The van der Waals surface area contributed by atoms with Crippen molar-refractivity contribution in [3.8, 4) is 0 Å². The molecule has 4 heteroatoms. The zero-order chi connectivity index (χ0) is 14.3. The van der Waals surface area contributed by atoms with Gasteiger partial charge in [0.25, 0.3) is 8.32 Å². The molecule has 0 saturated carbocycles. The van der Waals surface area contributed by atoms with Crippen LogP contribution >= 0.6 is 0 Å². The minimum Gasteiger partial charge on any atom is -0.454 e. The Bertz CT molecular complexity index is 541. The van der Waals surface area contributed by atoms with Crippen LogP contribution in [0.5, 0.6) is 0 Å². The number of ketones is 1. The lowest BCUT2D eigenvalue weighted by Gasteiger charge is -2.33. The van der Waals surface area contributed by atoms with E-state index in [2.05, 4.69) is 39.0 Å². The van der Waals surface area contributed by atoms with Crippen LogP contribution in [0.2, 0.25) is 18.1 Å². The lowest BCUT2D eigenvalue weighted by atomic mass is 10.1. The molecule has 0 aromatic heterocycles. The van der Waals surface area contributed by atoms with Crippen molar-refractivity contribution in [1.29, 1.82) is 0 Å². The topological polar surface area (TPSA) is 38.7 Å². The zero-order valence-corrected chi connectivity index (χ0v) is 13.3. The average Bonchev–Trinajstić information content (AvgIpc) is 2.63. The summed E-state index contributed by atoms with van der Waals surface area (Å²) in [6.07, 6.45) is 0.587. The summed E-state index contributed by atoms with van der Waals surface area (Å²) in [5.41, 5.74) is 2.34. The highest BCUT2D eigenvalue weighted by atomic mass is 28.4. The number of benzene rings is 1. The van der Waals surface area contributed by atoms with Gasteiger partial charge in [0.2, 0.25) is 5.78 Å². The molecule has 19 heavy (non-hydrogen) atoms. The Morgan fingerprint density at radius 2 is 1.84 bits per heavy atom. The molecule has 0 fully saturated rings. The SMILES string of the molecule is CC(C)(C)[Si](C)(C)O/N=C1/Cc2ccccc2C1=O. The Kier molecular flexibility index (Phi) is 3.39. The van der Waals surface area contributed by atoms with Crippen molar-refractivity contribution in [3.05, 3.63) is 35.4 Å². The zero-order valence-electron chi connectivity index (χ0n) is 12.3. The Balaban J connectivity index is 2.19. The van der Waals surface area contributed by atoms with E-state index in [4.69, 9.17) is 4.53 Å². The molecule has 1 aliphatic rings. The smallest absolute Gasteiger partial charge is 0.286 e. The van der Waals surface area contributed by atoms with Gasteiger partial charge in [0.15, 0.2) is 0 Å². The predicted octanol–water partition coefficient (Wildman–Crippen LogP) is 3.80. The van der Waals surface area contributed by atoms with Gasteiger partial charge in [-0.1, -0.05) is 45.0 Å². The van der Waals surface area contributed by atoms with Crippen molar-refractivity contribution >= 4 is 19.8 Å². The molecule has 0 aliphatic heterocycles. The monoisotopic (exact) mass is 275 g/mol. The van der Waals surface area contributed by atoms with E-state index < -0.39 is 8.32 Å². The van der Waals surface area contributed by atoms with Crippen molar-refractivity contribution in [2.75, 3.05) is 0 Å². The molecular formula is C15H21NO2Si. The Morgan fingerprint density at radius 3 is 2.42 bits per heavy atom. The normalized spacial score (nSPS) is 17.7. The fourth-order valence-corrected chi connectivity index (χ4v) is 2.30. The average molecular weight is 275 g/mol. The summed E-state index contributed by atoms with van der Waals surface area (Å²) in [6.45, 7) is 10.7. The van der Waals surface area contributed by atoms with Crippen molar-refractivity contribution in [2.45, 2.75) is 45.3 Å². The van der Waals surface area contributed by atoms with Gasteiger partial charge < -0.3 is 4.53 Å². The third-order valence-corrected chi connectivity index (χ3v) is 8.23. The molecule has 1 aromatic rings. The highest BCUT2D eigenvalue weighted by molar-refractivity contribution is 6.74. The molecule has 1 aromatic carbocycles. The molecule has 2 rings (SSSR count). The van der Waals surface area contributed by atoms with E-state index in [0.717, 1.165) is 11.1 Å². The number of Topliss-reactive ketones (excluding diaryl/α,β-unsaturated/α-hetero) is 1. The van der Waals surface area contributed by atoms with E-state index in [1.807, 2.05) is 24.3 Å². The highest BCUT2D eigenvalue weighted by Crippen LogP contribution is 2.36. The Labute approximate surface area is 115 Å². The quantitative estimate of drug-likeness (QED) is 0.608. The van der Waals surface area contributed by atoms with Crippen LogP contribution < -0.4 is 0 Å². The number of fused-ring (bicyclic) bond motifs is 1. The van der Waals surface area contributed by atoms with Crippen LogP contribution in [0.3, 0.4) is 0 Å². The molecule has 0 atom stereocenters. The molecule has 0 amide bonds. The van der Waals surface area contributed by atoms with E-state index in [1.165, 1.54) is 0 Å². The number of carbonyl (C=O) groups is 1. The molecule has 3 nitrogen and oxygen atoms in total. The second kappa shape index (κ2) is 4.60. The van der Waals surface area contributed by atoms with Gasteiger partial charge in [-0.3, -0.25) is 4.79 Å². The van der Waals surface area contributed by atoms with E-state index in [9.17, 15) is 4.79 Å². The molecular weight excluding hydrogens is 254 g/mol. The number of hydrogen-bond acceptors (Lipinski definition) is 3. The molecule has 1 aliphatic carbocycles. The summed E-state index contributed by atoms with van der Waals surface area (Å²) in [5, 5.41) is 4.27. The molecule has 0 heterocycles. The summed E-state index contributed by atoms with van der Waals surface area (Å²) in [6, 6.07) is 7.66. The summed E-state index contributed by atoms with van der Waals surface area (Å²) in [4.78, 5) is 12.2. The first kappa shape index (κ1) is 14.0. The van der Waals surface area contributed by atoms with Crippen LogP contribution in [0.15, 0.2) is 29.4 Å². The van der Waals surface area contributed by atoms with Gasteiger partial charge in [-0.05, 0) is 23.7 Å².